The first kappa shape index (κ1) is 22.8. The number of aromatic nitrogens is 3. The molecule has 2 aromatic carbocycles. The van der Waals surface area contributed by atoms with Crippen LogP contribution in [0.3, 0.4) is 0 Å². The SMILES string of the molecule is CCC(C)COC(=O)c1c(N)n(-c2ccc(Cl)c(C(F)(F)F)c2)c2nc3ccccc3nc12. The summed E-state index contributed by atoms with van der Waals surface area (Å²) in [5.41, 5.74) is 6.56. The Morgan fingerprint density at radius 3 is 2.48 bits per heavy atom. The fraction of sp³-hybridized carbons (Fsp3) is 0.261. The van der Waals surface area contributed by atoms with Crippen molar-refractivity contribution in [3.63, 3.8) is 0 Å². The van der Waals surface area contributed by atoms with Crippen molar-refractivity contribution in [1.29, 1.82) is 0 Å². The number of anilines is 1. The van der Waals surface area contributed by atoms with Crippen molar-refractivity contribution in [2.45, 2.75) is 26.4 Å². The van der Waals surface area contributed by atoms with Gasteiger partial charge >= 0.3 is 12.1 Å². The fourth-order valence-electron chi connectivity index (χ4n) is 3.40. The Kier molecular flexibility index (Phi) is 5.92. The Hall–Kier alpha value is -3.33. The van der Waals surface area contributed by atoms with E-state index in [1.165, 1.54) is 10.6 Å². The molecule has 0 aliphatic heterocycles. The molecule has 0 fully saturated rings. The van der Waals surface area contributed by atoms with Crippen molar-refractivity contribution in [2.24, 2.45) is 5.92 Å². The molecule has 0 amide bonds. The molecular weight excluding hydrogens is 457 g/mol. The van der Waals surface area contributed by atoms with Crippen LogP contribution in [-0.2, 0) is 10.9 Å². The average molecular weight is 477 g/mol. The van der Waals surface area contributed by atoms with Crippen LogP contribution < -0.4 is 5.73 Å². The quantitative estimate of drug-likeness (QED) is 0.355. The molecule has 0 aliphatic carbocycles. The van der Waals surface area contributed by atoms with Gasteiger partial charge in [0.2, 0.25) is 0 Å². The summed E-state index contributed by atoms with van der Waals surface area (Å²) in [6, 6.07) is 10.3. The van der Waals surface area contributed by atoms with Gasteiger partial charge in [-0.2, -0.15) is 13.2 Å². The molecule has 0 bridgehead atoms. The van der Waals surface area contributed by atoms with E-state index in [0.29, 0.717) is 11.0 Å². The molecule has 2 N–H and O–H groups in total. The van der Waals surface area contributed by atoms with Crippen LogP contribution in [0.5, 0.6) is 0 Å². The normalized spacial score (nSPS) is 12.9. The number of ether oxygens (including phenoxy) is 1. The molecule has 2 aromatic heterocycles. The first-order valence-corrected chi connectivity index (χ1v) is 10.6. The van der Waals surface area contributed by atoms with E-state index < -0.39 is 22.7 Å². The number of para-hydroxylation sites is 2. The van der Waals surface area contributed by atoms with Crippen LogP contribution in [0.4, 0.5) is 19.0 Å². The van der Waals surface area contributed by atoms with Gasteiger partial charge in [0.1, 0.15) is 16.9 Å². The van der Waals surface area contributed by atoms with Crippen LogP contribution >= 0.6 is 11.6 Å². The van der Waals surface area contributed by atoms with E-state index in [2.05, 4.69) is 9.97 Å². The number of alkyl halides is 3. The third-order valence-electron chi connectivity index (χ3n) is 5.41. The number of benzene rings is 2. The first-order valence-electron chi connectivity index (χ1n) is 10.2. The molecule has 6 nitrogen and oxygen atoms in total. The minimum Gasteiger partial charge on any atom is -0.462 e. The van der Waals surface area contributed by atoms with Crippen molar-refractivity contribution in [3.05, 3.63) is 58.6 Å². The maximum absolute atomic E-state index is 13.5. The molecule has 0 spiro atoms. The van der Waals surface area contributed by atoms with Gasteiger partial charge in [-0.25, -0.2) is 14.8 Å². The molecule has 0 saturated carbocycles. The van der Waals surface area contributed by atoms with E-state index in [-0.39, 0.29) is 40.8 Å². The van der Waals surface area contributed by atoms with Crippen LogP contribution in [0, 0.1) is 5.92 Å². The number of hydrogen-bond acceptors (Lipinski definition) is 5. The third-order valence-corrected chi connectivity index (χ3v) is 5.74. The second-order valence-corrected chi connectivity index (χ2v) is 8.16. The molecule has 4 aromatic rings. The summed E-state index contributed by atoms with van der Waals surface area (Å²) in [6.45, 7) is 4.07. The zero-order chi connectivity index (χ0) is 23.9. The van der Waals surface area contributed by atoms with Crippen molar-refractivity contribution in [3.8, 4) is 5.69 Å². The maximum atomic E-state index is 13.5. The van der Waals surface area contributed by atoms with Crippen LogP contribution in [0.15, 0.2) is 42.5 Å². The highest BCUT2D eigenvalue weighted by Crippen LogP contribution is 2.38. The molecular formula is C23H20ClF3N4O2. The Bertz CT molecular complexity index is 1370. The highest BCUT2D eigenvalue weighted by Gasteiger charge is 2.34. The summed E-state index contributed by atoms with van der Waals surface area (Å²) in [6.07, 6.45) is -3.87. The van der Waals surface area contributed by atoms with E-state index in [1.807, 2.05) is 13.8 Å². The van der Waals surface area contributed by atoms with Crippen molar-refractivity contribution in [1.82, 2.24) is 14.5 Å². The lowest BCUT2D eigenvalue weighted by atomic mass is 10.1. The summed E-state index contributed by atoms with van der Waals surface area (Å²) < 4.78 is 47.1. The van der Waals surface area contributed by atoms with Gasteiger partial charge in [-0.05, 0) is 36.2 Å². The van der Waals surface area contributed by atoms with Gasteiger partial charge in [0.15, 0.2) is 5.65 Å². The average Bonchev–Trinajstić information content (AvgIpc) is 3.06. The van der Waals surface area contributed by atoms with E-state index in [1.54, 1.807) is 24.3 Å². The van der Waals surface area contributed by atoms with E-state index in [0.717, 1.165) is 18.6 Å². The molecule has 10 heteroatoms. The number of carbonyl (C=O) groups excluding carboxylic acids is 1. The van der Waals surface area contributed by atoms with E-state index >= 15 is 0 Å². The summed E-state index contributed by atoms with van der Waals surface area (Å²) >= 11 is 5.78. The summed E-state index contributed by atoms with van der Waals surface area (Å²) in [5.74, 6) is -0.711. The van der Waals surface area contributed by atoms with Crippen LogP contribution in [-0.4, -0.2) is 27.1 Å². The number of halogens is 4. The molecule has 0 aliphatic rings. The van der Waals surface area contributed by atoms with E-state index in [9.17, 15) is 18.0 Å². The topological polar surface area (TPSA) is 83.0 Å². The highest BCUT2D eigenvalue weighted by atomic mass is 35.5. The largest absolute Gasteiger partial charge is 0.462 e. The number of esters is 1. The molecule has 1 atom stereocenters. The lowest BCUT2D eigenvalue weighted by Gasteiger charge is -2.13. The van der Waals surface area contributed by atoms with Gasteiger partial charge in [-0.3, -0.25) is 4.57 Å². The molecule has 2 heterocycles. The zero-order valence-electron chi connectivity index (χ0n) is 17.8. The fourth-order valence-corrected chi connectivity index (χ4v) is 3.63. The number of fused-ring (bicyclic) bond motifs is 2. The zero-order valence-corrected chi connectivity index (χ0v) is 18.5. The number of hydrogen-bond donors (Lipinski definition) is 1. The smallest absolute Gasteiger partial charge is 0.417 e. The number of carbonyl (C=O) groups is 1. The number of rotatable bonds is 5. The van der Waals surface area contributed by atoms with Gasteiger partial charge in [-0.1, -0.05) is 44.0 Å². The number of nitrogens with zero attached hydrogens (tertiary/aromatic N) is 3. The molecule has 0 radical (unpaired) electrons. The van der Waals surface area contributed by atoms with Gasteiger partial charge in [-0.15, -0.1) is 0 Å². The second-order valence-electron chi connectivity index (χ2n) is 7.75. The van der Waals surface area contributed by atoms with Crippen molar-refractivity contribution < 1.29 is 22.7 Å². The van der Waals surface area contributed by atoms with E-state index in [4.69, 9.17) is 22.1 Å². The lowest BCUT2D eigenvalue weighted by molar-refractivity contribution is -0.137. The van der Waals surface area contributed by atoms with Gasteiger partial charge in [0.05, 0.1) is 28.2 Å². The lowest BCUT2D eigenvalue weighted by Crippen LogP contribution is -2.14. The summed E-state index contributed by atoms with van der Waals surface area (Å²) in [5, 5.41) is -0.453. The summed E-state index contributed by atoms with van der Waals surface area (Å²) in [7, 11) is 0. The minimum atomic E-state index is -4.68. The Morgan fingerprint density at radius 2 is 1.85 bits per heavy atom. The predicted molar refractivity (Wildman–Crippen MR) is 121 cm³/mol. The standard InChI is InChI=1S/C23H20ClF3N4O2/c1-3-12(2)11-33-22(32)18-19-21(30-17-7-5-4-6-16(17)29-19)31(20(18)28)13-8-9-15(24)14(10-13)23(25,26)27/h4-10,12H,3,11,28H2,1-2H3. The van der Waals surface area contributed by atoms with Crippen LogP contribution in [0.25, 0.3) is 27.9 Å². The molecule has 1 unspecified atom stereocenters. The Labute approximate surface area is 192 Å². The Morgan fingerprint density at radius 1 is 1.18 bits per heavy atom. The number of nitrogens with two attached hydrogens (primary N) is 1. The second kappa shape index (κ2) is 8.55. The molecule has 0 saturated heterocycles. The van der Waals surface area contributed by atoms with Gasteiger partial charge in [0.25, 0.3) is 0 Å². The molecule has 33 heavy (non-hydrogen) atoms. The first-order chi connectivity index (χ1) is 15.6. The molecule has 172 valence electrons. The van der Waals surface area contributed by atoms with Crippen LogP contribution in [0.1, 0.15) is 36.2 Å². The van der Waals surface area contributed by atoms with Gasteiger partial charge in [0, 0.05) is 5.69 Å². The van der Waals surface area contributed by atoms with Crippen molar-refractivity contribution >= 4 is 45.6 Å². The third kappa shape index (κ3) is 4.20. The number of nitrogen functional groups attached to an aromatic ring is 1. The highest BCUT2D eigenvalue weighted by molar-refractivity contribution is 6.31. The minimum absolute atomic E-state index is 0.0415. The molecule has 4 rings (SSSR count). The van der Waals surface area contributed by atoms with Gasteiger partial charge < -0.3 is 10.5 Å². The predicted octanol–water partition coefficient (Wildman–Crippen LogP) is 6.03. The maximum Gasteiger partial charge on any atom is 0.417 e. The summed E-state index contributed by atoms with van der Waals surface area (Å²) in [4.78, 5) is 22.0. The van der Waals surface area contributed by atoms with Crippen molar-refractivity contribution in [2.75, 3.05) is 12.3 Å². The Balaban J connectivity index is 1.98. The van der Waals surface area contributed by atoms with Crippen LogP contribution in [0.2, 0.25) is 5.02 Å². The monoisotopic (exact) mass is 476 g/mol.